The molecule has 0 saturated carbocycles. The summed E-state index contributed by atoms with van der Waals surface area (Å²) in [4.78, 5) is 17.8. The second kappa shape index (κ2) is 10.7. The van der Waals surface area contributed by atoms with E-state index in [2.05, 4.69) is 59.3 Å². The van der Waals surface area contributed by atoms with Gasteiger partial charge < -0.3 is 20.1 Å². The Balaban J connectivity index is 1.70. The molecule has 1 fully saturated rings. The molecule has 0 spiro atoms. The number of amides is 1. The molecule has 188 valence electrons. The summed E-state index contributed by atoms with van der Waals surface area (Å²) >= 11 is 0. The molecular weight excluding hydrogens is 438 g/mol. The van der Waals surface area contributed by atoms with E-state index in [0.29, 0.717) is 12.2 Å². The van der Waals surface area contributed by atoms with Gasteiger partial charge >= 0.3 is 0 Å². The van der Waals surface area contributed by atoms with Gasteiger partial charge in [-0.05, 0) is 81.4 Å². The molecule has 2 aromatic carbocycles. The van der Waals surface area contributed by atoms with E-state index in [1.807, 2.05) is 19.9 Å². The number of hydrogen-bond donors (Lipinski definition) is 2. The minimum atomic E-state index is -0.374. The number of likely N-dealkylation sites (tertiary alicyclic amines) is 1. The predicted octanol–water partition coefficient (Wildman–Crippen LogP) is 5.26. The van der Waals surface area contributed by atoms with Gasteiger partial charge in [-0.2, -0.15) is 0 Å². The molecule has 35 heavy (non-hydrogen) atoms. The van der Waals surface area contributed by atoms with Crippen LogP contribution in [0.25, 0.3) is 5.70 Å². The Morgan fingerprint density at radius 3 is 2.40 bits per heavy atom. The average Bonchev–Trinajstić information content (AvgIpc) is 3.49. The molecule has 2 aliphatic heterocycles. The maximum atomic E-state index is 13.2. The fraction of sp³-hybridized carbons (Fsp3) is 0.483. The third-order valence-electron chi connectivity index (χ3n) is 6.90. The molecule has 0 aromatic heterocycles. The molecule has 2 N–H and O–H groups in total. The molecule has 2 heterocycles. The Kier molecular flexibility index (Phi) is 7.70. The molecular formula is C29H39N3O3. The summed E-state index contributed by atoms with van der Waals surface area (Å²) in [5, 5.41) is 14.0. The molecule has 1 amide bonds. The highest BCUT2D eigenvalue weighted by molar-refractivity contribution is 5.96. The van der Waals surface area contributed by atoms with Crippen molar-refractivity contribution in [2.24, 2.45) is 0 Å². The molecule has 6 heteroatoms. The lowest BCUT2D eigenvalue weighted by Crippen LogP contribution is -2.45. The van der Waals surface area contributed by atoms with Crippen LogP contribution in [0.3, 0.4) is 0 Å². The molecule has 1 saturated heterocycles. The van der Waals surface area contributed by atoms with Crippen LogP contribution in [-0.2, 0) is 11.3 Å². The van der Waals surface area contributed by atoms with Crippen molar-refractivity contribution in [2.75, 3.05) is 25.1 Å². The van der Waals surface area contributed by atoms with E-state index in [1.165, 1.54) is 18.4 Å². The van der Waals surface area contributed by atoms with E-state index in [1.54, 1.807) is 13.2 Å². The first-order valence-corrected chi connectivity index (χ1v) is 12.8. The molecule has 1 atom stereocenters. The topological polar surface area (TPSA) is 65.0 Å². The summed E-state index contributed by atoms with van der Waals surface area (Å²) in [5.74, 6) is 1.04. The standard InChI is InChI=1S/C29H39N3O3/c1-19(2)23-16-24(27(33)17-28(23)35-5)25-12-13-26(29(34)30-20(3)4)32(25)22-10-8-21(9-11-22)18-31-14-6-7-15-31/h8-12,16-17,19-20,26,33H,6-7,13-15,18H2,1-5H3,(H,30,34). The summed E-state index contributed by atoms with van der Waals surface area (Å²) in [7, 11) is 1.62. The summed E-state index contributed by atoms with van der Waals surface area (Å²) < 4.78 is 5.53. The normalized spacial score (nSPS) is 18.4. The van der Waals surface area contributed by atoms with Crippen molar-refractivity contribution in [3.63, 3.8) is 0 Å². The summed E-state index contributed by atoms with van der Waals surface area (Å²) in [6, 6.07) is 11.9. The molecule has 6 nitrogen and oxygen atoms in total. The molecule has 0 bridgehead atoms. The number of anilines is 1. The van der Waals surface area contributed by atoms with Crippen molar-refractivity contribution < 1.29 is 14.6 Å². The second-order valence-electron chi connectivity index (χ2n) is 10.3. The Morgan fingerprint density at radius 2 is 1.80 bits per heavy atom. The number of carbonyl (C=O) groups excluding carboxylic acids is 1. The van der Waals surface area contributed by atoms with Gasteiger partial charge in [0.1, 0.15) is 17.5 Å². The lowest BCUT2D eigenvalue weighted by Gasteiger charge is -2.31. The number of ether oxygens (including phenoxy) is 1. The maximum Gasteiger partial charge on any atom is 0.243 e. The number of methoxy groups -OCH3 is 1. The summed E-state index contributed by atoms with van der Waals surface area (Å²) in [6.07, 6.45) is 5.19. The van der Waals surface area contributed by atoms with Crippen LogP contribution >= 0.6 is 0 Å². The van der Waals surface area contributed by atoms with E-state index in [9.17, 15) is 9.90 Å². The van der Waals surface area contributed by atoms with Gasteiger partial charge in [0.15, 0.2) is 0 Å². The van der Waals surface area contributed by atoms with E-state index in [-0.39, 0.29) is 29.7 Å². The van der Waals surface area contributed by atoms with Gasteiger partial charge in [-0.25, -0.2) is 0 Å². The number of hydrogen-bond acceptors (Lipinski definition) is 5. The Labute approximate surface area is 209 Å². The number of phenolic OH excluding ortho intramolecular Hbond substituents is 1. The largest absolute Gasteiger partial charge is 0.507 e. The fourth-order valence-electron chi connectivity index (χ4n) is 5.14. The Hall–Kier alpha value is -2.99. The third kappa shape index (κ3) is 5.48. The zero-order valence-electron chi connectivity index (χ0n) is 21.7. The number of aromatic hydroxyl groups is 1. The van der Waals surface area contributed by atoms with E-state index in [0.717, 1.165) is 42.1 Å². The minimum absolute atomic E-state index is 0.00974. The number of nitrogens with one attached hydrogen (secondary N) is 1. The van der Waals surface area contributed by atoms with Crippen molar-refractivity contribution in [3.05, 3.63) is 59.2 Å². The van der Waals surface area contributed by atoms with Crippen molar-refractivity contribution in [3.8, 4) is 11.5 Å². The van der Waals surface area contributed by atoms with Crippen molar-refractivity contribution in [2.45, 2.75) is 71.5 Å². The minimum Gasteiger partial charge on any atom is -0.507 e. The van der Waals surface area contributed by atoms with Crippen LogP contribution in [-0.4, -0.2) is 48.2 Å². The summed E-state index contributed by atoms with van der Waals surface area (Å²) in [5.41, 5.74) is 4.82. The smallest absolute Gasteiger partial charge is 0.243 e. The van der Waals surface area contributed by atoms with Crippen LogP contribution in [0.2, 0.25) is 0 Å². The average molecular weight is 478 g/mol. The molecule has 0 aliphatic carbocycles. The second-order valence-corrected chi connectivity index (χ2v) is 10.3. The van der Waals surface area contributed by atoms with Gasteiger partial charge in [0.05, 0.1) is 7.11 Å². The quantitative estimate of drug-likeness (QED) is 0.543. The first-order valence-electron chi connectivity index (χ1n) is 12.8. The highest BCUT2D eigenvalue weighted by Gasteiger charge is 2.35. The third-order valence-corrected chi connectivity index (χ3v) is 6.90. The zero-order chi connectivity index (χ0) is 25.1. The SMILES string of the molecule is COc1cc(O)c(C2=CCC(C(=O)NC(C)C)N2c2ccc(CN3CCCC3)cc2)cc1C(C)C. The maximum absolute atomic E-state index is 13.2. The van der Waals surface area contributed by atoms with Crippen LogP contribution < -0.4 is 15.0 Å². The zero-order valence-corrected chi connectivity index (χ0v) is 21.7. The van der Waals surface area contributed by atoms with Crippen LogP contribution in [0.4, 0.5) is 5.69 Å². The van der Waals surface area contributed by atoms with Crippen LogP contribution in [0, 0.1) is 0 Å². The van der Waals surface area contributed by atoms with E-state index >= 15 is 0 Å². The van der Waals surface area contributed by atoms with Crippen LogP contribution in [0.5, 0.6) is 11.5 Å². The van der Waals surface area contributed by atoms with Gasteiger partial charge in [0, 0.05) is 35.6 Å². The molecule has 0 radical (unpaired) electrons. The predicted molar refractivity (Wildman–Crippen MR) is 142 cm³/mol. The van der Waals surface area contributed by atoms with E-state index < -0.39 is 0 Å². The first kappa shape index (κ1) is 25.1. The number of carbonyl (C=O) groups is 1. The van der Waals surface area contributed by atoms with Gasteiger partial charge in [0.2, 0.25) is 5.91 Å². The number of nitrogens with zero attached hydrogens (tertiary/aromatic N) is 2. The highest BCUT2D eigenvalue weighted by atomic mass is 16.5. The Bertz CT molecular complexity index is 1070. The highest BCUT2D eigenvalue weighted by Crippen LogP contribution is 2.42. The van der Waals surface area contributed by atoms with Crippen LogP contribution in [0.1, 0.15) is 69.6 Å². The summed E-state index contributed by atoms with van der Waals surface area (Å²) in [6.45, 7) is 11.4. The van der Waals surface area contributed by atoms with Gasteiger partial charge in [0.25, 0.3) is 0 Å². The molecule has 2 aromatic rings. The number of benzene rings is 2. The lowest BCUT2D eigenvalue weighted by atomic mass is 9.97. The van der Waals surface area contributed by atoms with Crippen molar-refractivity contribution in [1.29, 1.82) is 0 Å². The van der Waals surface area contributed by atoms with Gasteiger partial charge in [-0.3, -0.25) is 9.69 Å². The lowest BCUT2D eigenvalue weighted by molar-refractivity contribution is -0.122. The van der Waals surface area contributed by atoms with E-state index in [4.69, 9.17) is 4.74 Å². The van der Waals surface area contributed by atoms with Gasteiger partial charge in [-0.1, -0.05) is 32.1 Å². The van der Waals surface area contributed by atoms with Crippen LogP contribution in [0.15, 0.2) is 42.5 Å². The molecule has 2 aliphatic rings. The van der Waals surface area contributed by atoms with Crippen molar-refractivity contribution in [1.82, 2.24) is 10.2 Å². The molecule has 1 unspecified atom stereocenters. The fourth-order valence-corrected chi connectivity index (χ4v) is 5.14. The Morgan fingerprint density at radius 1 is 1.11 bits per heavy atom. The first-order chi connectivity index (χ1) is 16.8. The molecule has 4 rings (SSSR count). The number of phenols is 1. The number of rotatable bonds is 8. The van der Waals surface area contributed by atoms with Crippen molar-refractivity contribution >= 4 is 17.3 Å². The monoisotopic (exact) mass is 477 g/mol. The van der Waals surface area contributed by atoms with Gasteiger partial charge in [-0.15, -0.1) is 0 Å².